The predicted octanol–water partition coefficient (Wildman–Crippen LogP) is 6.22. The van der Waals surface area contributed by atoms with Crippen LogP contribution in [0.25, 0.3) is 0 Å². The van der Waals surface area contributed by atoms with Gasteiger partial charge in [0.2, 0.25) is 5.91 Å². The summed E-state index contributed by atoms with van der Waals surface area (Å²) in [6.45, 7) is 6.16. The van der Waals surface area contributed by atoms with Crippen LogP contribution in [0, 0.1) is 17.3 Å². The molecule has 1 N–H and O–H groups in total. The second kappa shape index (κ2) is 7.51. The smallest absolute Gasteiger partial charge is 0.335 e. The van der Waals surface area contributed by atoms with Crippen molar-refractivity contribution in [3.8, 4) is 0 Å². The number of hydrogen-bond acceptors (Lipinski definition) is 2. The van der Waals surface area contributed by atoms with Gasteiger partial charge >= 0.3 is 5.97 Å². The Morgan fingerprint density at radius 3 is 2.40 bits per heavy atom. The van der Waals surface area contributed by atoms with Gasteiger partial charge in [0.05, 0.1) is 11.5 Å². The minimum Gasteiger partial charge on any atom is -0.478 e. The lowest BCUT2D eigenvalue weighted by atomic mass is 9.51. The average molecular weight is 444 g/mol. The Morgan fingerprint density at radius 2 is 1.80 bits per heavy atom. The number of carboxylic acids is 1. The molecule has 4 nitrogen and oxygen atoms in total. The van der Waals surface area contributed by atoms with Crippen LogP contribution < -0.4 is 0 Å². The van der Waals surface area contributed by atoms with E-state index in [4.69, 9.17) is 23.2 Å². The highest BCUT2D eigenvalue weighted by atomic mass is 35.5. The first kappa shape index (κ1) is 21.1. The number of carbonyl (C=O) groups excluding carboxylic acids is 1. The second-order valence-corrected chi connectivity index (χ2v) is 9.53. The Balaban J connectivity index is 1.91. The molecule has 156 valence electrons. The van der Waals surface area contributed by atoms with Gasteiger partial charge in [-0.3, -0.25) is 4.79 Å². The number of benzene rings is 2. The van der Waals surface area contributed by atoms with Crippen LogP contribution >= 0.6 is 23.2 Å². The molecule has 30 heavy (non-hydrogen) atoms. The molecule has 0 aromatic heterocycles. The first-order chi connectivity index (χ1) is 14.1. The van der Waals surface area contributed by atoms with Crippen LogP contribution in [0.5, 0.6) is 0 Å². The summed E-state index contributed by atoms with van der Waals surface area (Å²) in [5.41, 5.74) is 2.52. The van der Waals surface area contributed by atoms with E-state index < -0.39 is 11.4 Å². The van der Waals surface area contributed by atoms with Crippen LogP contribution in [0.15, 0.2) is 47.5 Å². The van der Waals surface area contributed by atoms with E-state index in [1.54, 1.807) is 6.07 Å². The van der Waals surface area contributed by atoms with Crippen LogP contribution in [0.2, 0.25) is 10.0 Å². The lowest BCUT2D eigenvalue weighted by Crippen LogP contribution is -2.48. The van der Waals surface area contributed by atoms with Gasteiger partial charge in [-0.05, 0) is 60.6 Å². The molecule has 1 saturated carbocycles. The summed E-state index contributed by atoms with van der Waals surface area (Å²) in [6.07, 6.45) is 0.758. The first-order valence-corrected chi connectivity index (χ1v) is 10.8. The van der Waals surface area contributed by atoms with Crippen LogP contribution in [-0.2, 0) is 4.79 Å². The number of fused-ring (bicyclic) bond motifs is 1. The Labute approximate surface area is 185 Å². The molecule has 0 bridgehead atoms. The molecule has 2 aromatic rings. The van der Waals surface area contributed by atoms with Crippen molar-refractivity contribution in [2.75, 3.05) is 0 Å². The maximum Gasteiger partial charge on any atom is 0.335 e. The Morgan fingerprint density at radius 1 is 1.13 bits per heavy atom. The SMILES string of the molecule is CC1=NC(=O)[C@@H]2[C@H](C)C[C@@H](c3ccc(C(=O)O)cc3Cl)[C@H](c3ccc(Cl)cc3)[C@]12C. The third kappa shape index (κ3) is 3.17. The molecule has 2 aliphatic rings. The summed E-state index contributed by atoms with van der Waals surface area (Å²) >= 11 is 12.7. The highest BCUT2D eigenvalue weighted by Crippen LogP contribution is 2.62. The number of halogens is 2. The summed E-state index contributed by atoms with van der Waals surface area (Å²) in [6, 6.07) is 12.7. The Hall–Kier alpha value is -2.17. The number of carbonyl (C=O) groups is 2. The summed E-state index contributed by atoms with van der Waals surface area (Å²) < 4.78 is 0. The van der Waals surface area contributed by atoms with Crippen LogP contribution in [-0.4, -0.2) is 22.7 Å². The minimum absolute atomic E-state index is 0.00817. The van der Waals surface area contributed by atoms with Crippen LogP contribution in [0.4, 0.5) is 0 Å². The molecule has 4 rings (SSSR count). The van der Waals surface area contributed by atoms with Crippen molar-refractivity contribution in [2.24, 2.45) is 22.2 Å². The van der Waals surface area contributed by atoms with Gasteiger partial charge in [-0.2, -0.15) is 0 Å². The maximum atomic E-state index is 12.8. The van der Waals surface area contributed by atoms with Crippen molar-refractivity contribution in [1.29, 1.82) is 0 Å². The van der Waals surface area contributed by atoms with E-state index in [1.807, 2.05) is 37.3 Å². The molecule has 0 spiro atoms. The number of rotatable bonds is 3. The standard InChI is InChI=1S/C24H23Cl2NO3/c1-12-10-18(17-9-6-15(23(29)30)11-19(17)26)21(14-4-7-16(25)8-5-14)24(3)13(2)27-22(28)20(12)24/h4-9,11-12,18,20-21H,10H2,1-3H3,(H,29,30)/t12-,18+,20+,21+,24-/m1/s1. The zero-order chi connectivity index (χ0) is 21.8. The summed E-state index contributed by atoms with van der Waals surface area (Å²) in [5.74, 6) is -1.16. The number of hydrogen-bond donors (Lipinski definition) is 1. The molecule has 0 saturated heterocycles. The van der Waals surface area contributed by atoms with E-state index in [-0.39, 0.29) is 35.1 Å². The van der Waals surface area contributed by atoms with E-state index in [9.17, 15) is 14.7 Å². The molecule has 0 unspecified atom stereocenters. The zero-order valence-electron chi connectivity index (χ0n) is 17.0. The van der Waals surface area contributed by atoms with Crippen molar-refractivity contribution in [3.63, 3.8) is 0 Å². The highest BCUT2D eigenvalue weighted by molar-refractivity contribution is 6.32. The van der Waals surface area contributed by atoms with Crippen molar-refractivity contribution in [3.05, 3.63) is 69.2 Å². The number of aliphatic imine (C=N–C) groups is 1. The predicted molar refractivity (Wildman–Crippen MR) is 119 cm³/mol. The van der Waals surface area contributed by atoms with Gasteiger partial charge in [0, 0.05) is 27.1 Å². The fourth-order valence-corrected chi connectivity index (χ4v) is 6.14. The summed E-state index contributed by atoms with van der Waals surface area (Å²) in [5, 5.41) is 10.4. The van der Waals surface area contributed by atoms with Gasteiger partial charge in [-0.15, -0.1) is 0 Å². The van der Waals surface area contributed by atoms with Gasteiger partial charge in [0.25, 0.3) is 0 Å². The van der Waals surface area contributed by atoms with Crippen molar-refractivity contribution >= 4 is 40.8 Å². The first-order valence-electron chi connectivity index (χ1n) is 10.0. The minimum atomic E-state index is -1.01. The van der Waals surface area contributed by atoms with Crippen molar-refractivity contribution in [1.82, 2.24) is 0 Å². The fraction of sp³-hybridized carbons (Fsp3) is 0.375. The molecule has 5 atom stereocenters. The van der Waals surface area contributed by atoms with Gasteiger partial charge in [-0.1, -0.05) is 55.2 Å². The molecule has 1 fully saturated rings. The number of aromatic carboxylic acids is 1. The monoisotopic (exact) mass is 443 g/mol. The van der Waals surface area contributed by atoms with E-state index in [2.05, 4.69) is 18.8 Å². The molecular formula is C24H23Cl2NO3. The highest BCUT2D eigenvalue weighted by Gasteiger charge is 2.59. The number of nitrogens with zero attached hydrogens (tertiary/aromatic N) is 1. The number of amides is 1. The van der Waals surface area contributed by atoms with Gasteiger partial charge in [0.15, 0.2) is 0 Å². The second-order valence-electron chi connectivity index (χ2n) is 8.69. The van der Waals surface area contributed by atoms with E-state index >= 15 is 0 Å². The van der Waals surface area contributed by atoms with Gasteiger partial charge < -0.3 is 5.11 Å². The molecule has 1 amide bonds. The van der Waals surface area contributed by atoms with Gasteiger partial charge in [0.1, 0.15) is 0 Å². The normalized spacial score (nSPS) is 30.7. The summed E-state index contributed by atoms with van der Waals surface area (Å²) in [4.78, 5) is 28.5. The molecule has 1 heterocycles. The number of carboxylic acid groups (broad SMARTS) is 1. The maximum absolute atomic E-state index is 12.8. The largest absolute Gasteiger partial charge is 0.478 e. The molecule has 1 aliphatic heterocycles. The molecule has 2 aromatic carbocycles. The van der Waals surface area contributed by atoms with Crippen LogP contribution in [0.3, 0.4) is 0 Å². The van der Waals surface area contributed by atoms with Crippen molar-refractivity contribution in [2.45, 2.75) is 39.0 Å². The zero-order valence-corrected chi connectivity index (χ0v) is 18.5. The molecular weight excluding hydrogens is 421 g/mol. The lowest BCUT2D eigenvalue weighted by Gasteiger charge is -2.50. The van der Waals surface area contributed by atoms with E-state index in [0.717, 1.165) is 23.3 Å². The Kier molecular flexibility index (Phi) is 5.27. The summed E-state index contributed by atoms with van der Waals surface area (Å²) in [7, 11) is 0. The third-order valence-electron chi connectivity index (χ3n) is 7.09. The lowest BCUT2D eigenvalue weighted by molar-refractivity contribution is -0.126. The molecule has 1 aliphatic carbocycles. The fourth-order valence-electron chi connectivity index (χ4n) is 5.70. The average Bonchev–Trinajstić information content (AvgIpc) is 2.92. The van der Waals surface area contributed by atoms with E-state index in [1.165, 1.54) is 6.07 Å². The van der Waals surface area contributed by atoms with E-state index in [0.29, 0.717) is 10.0 Å². The van der Waals surface area contributed by atoms with Crippen LogP contribution in [0.1, 0.15) is 60.5 Å². The molecule has 0 radical (unpaired) electrons. The third-order valence-corrected chi connectivity index (χ3v) is 7.67. The quantitative estimate of drug-likeness (QED) is 0.611. The molecule has 6 heteroatoms. The Bertz CT molecular complexity index is 1060. The van der Waals surface area contributed by atoms with Gasteiger partial charge in [-0.25, -0.2) is 9.79 Å². The van der Waals surface area contributed by atoms with Crippen molar-refractivity contribution < 1.29 is 14.7 Å². The topological polar surface area (TPSA) is 66.7 Å².